The second-order valence-electron chi connectivity index (χ2n) is 5.69. The van der Waals surface area contributed by atoms with Gasteiger partial charge in [-0.2, -0.15) is 9.61 Å². The average molecular weight is 232 g/mol. The first-order chi connectivity index (χ1) is 7.96. The third-order valence-corrected chi connectivity index (χ3v) is 2.70. The predicted octanol–water partition coefficient (Wildman–Crippen LogP) is 2.89. The fourth-order valence-electron chi connectivity index (χ4n) is 1.75. The van der Waals surface area contributed by atoms with Crippen LogP contribution in [0.1, 0.15) is 32.8 Å². The van der Waals surface area contributed by atoms with Crippen molar-refractivity contribution in [1.29, 1.82) is 0 Å². The molecule has 0 spiro atoms. The molecule has 4 nitrogen and oxygen atoms in total. The average Bonchev–Trinajstić information content (AvgIpc) is 2.63. The molecule has 92 valence electrons. The van der Waals surface area contributed by atoms with Gasteiger partial charge in [0.15, 0.2) is 5.65 Å². The largest absolute Gasteiger partial charge is 0.370 e. The highest BCUT2D eigenvalue weighted by Gasteiger charge is 2.10. The summed E-state index contributed by atoms with van der Waals surface area (Å²) in [5.74, 6) is 1.02. The first-order valence-electron chi connectivity index (χ1n) is 6.00. The molecular formula is C13H20N4. The number of nitrogens with zero attached hydrogens (tertiary/aromatic N) is 3. The number of hydrogen-bond acceptors (Lipinski definition) is 3. The van der Waals surface area contributed by atoms with Crippen LogP contribution >= 0.6 is 0 Å². The van der Waals surface area contributed by atoms with Crippen molar-refractivity contribution in [1.82, 2.24) is 14.6 Å². The molecule has 0 aliphatic rings. The molecule has 0 atom stereocenters. The van der Waals surface area contributed by atoms with Gasteiger partial charge in [0.2, 0.25) is 0 Å². The van der Waals surface area contributed by atoms with E-state index in [4.69, 9.17) is 0 Å². The molecule has 0 amide bonds. The molecule has 0 bridgehead atoms. The second kappa shape index (κ2) is 4.35. The number of fused-ring (bicyclic) bond motifs is 1. The fraction of sp³-hybridized carbons (Fsp3) is 0.538. The molecule has 2 aromatic heterocycles. The van der Waals surface area contributed by atoms with Crippen LogP contribution in [0, 0.1) is 12.3 Å². The molecule has 0 aromatic carbocycles. The van der Waals surface area contributed by atoms with E-state index in [1.807, 2.05) is 10.6 Å². The maximum absolute atomic E-state index is 4.22. The maximum atomic E-state index is 4.22. The molecule has 0 unspecified atom stereocenters. The minimum atomic E-state index is 0.346. The molecule has 2 aromatic rings. The first-order valence-corrected chi connectivity index (χ1v) is 6.00. The standard InChI is InChI=1S/C13H20N4/c1-10-7-11(14-6-5-13(2,3)4)17-12(8-10)15-9-16-17/h7-9,14H,5-6H2,1-4H3. The molecule has 0 radical (unpaired) electrons. The van der Waals surface area contributed by atoms with Gasteiger partial charge in [-0.1, -0.05) is 20.8 Å². The summed E-state index contributed by atoms with van der Waals surface area (Å²) in [6, 6.07) is 4.13. The summed E-state index contributed by atoms with van der Waals surface area (Å²) in [4.78, 5) is 4.21. The Morgan fingerprint density at radius 2 is 2.06 bits per heavy atom. The van der Waals surface area contributed by atoms with Crippen molar-refractivity contribution in [3.8, 4) is 0 Å². The lowest BCUT2D eigenvalue weighted by atomic mass is 9.92. The monoisotopic (exact) mass is 232 g/mol. The fourth-order valence-corrected chi connectivity index (χ4v) is 1.75. The van der Waals surface area contributed by atoms with Gasteiger partial charge in [0.05, 0.1) is 0 Å². The lowest BCUT2D eigenvalue weighted by Gasteiger charge is -2.18. The van der Waals surface area contributed by atoms with E-state index in [0.717, 1.165) is 24.4 Å². The molecule has 0 saturated carbocycles. The molecule has 0 aliphatic carbocycles. The van der Waals surface area contributed by atoms with Crippen molar-refractivity contribution in [2.24, 2.45) is 5.41 Å². The number of aromatic nitrogens is 3. The van der Waals surface area contributed by atoms with Crippen LogP contribution in [0.5, 0.6) is 0 Å². The predicted molar refractivity (Wildman–Crippen MR) is 70.3 cm³/mol. The SMILES string of the molecule is Cc1cc(NCCC(C)(C)C)n2ncnc2c1. The van der Waals surface area contributed by atoms with Crippen LogP contribution in [-0.2, 0) is 0 Å². The van der Waals surface area contributed by atoms with Gasteiger partial charge >= 0.3 is 0 Å². The highest BCUT2D eigenvalue weighted by atomic mass is 15.3. The molecule has 1 N–H and O–H groups in total. The van der Waals surface area contributed by atoms with E-state index in [2.05, 4.69) is 49.2 Å². The Bertz CT molecular complexity index is 508. The molecule has 0 fully saturated rings. The molecule has 2 rings (SSSR count). The summed E-state index contributed by atoms with van der Waals surface area (Å²) in [6.45, 7) is 9.76. The van der Waals surface area contributed by atoms with Crippen molar-refractivity contribution < 1.29 is 0 Å². The smallest absolute Gasteiger partial charge is 0.157 e. The van der Waals surface area contributed by atoms with Crippen molar-refractivity contribution in [2.75, 3.05) is 11.9 Å². The lowest BCUT2D eigenvalue weighted by Crippen LogP contribution is -2.14. The zero-order valence-electron chi connectivity index (χ0n) is 11.0. The van der Waals surface area contributed by atoms with Gasteiger partial charge in [-0.15, -0.1) is 0 Å². The number of anilines is 1. The normalized spacial score (nSPS) is 12.0. The summed E-state index contributed by atoms with van der Waals surface area (Å²) in [5.41, 5.74) is 2.44. The van der Waals surface area contributed by atoms with Crippen molar-refractivity contribution in [2.45, 2.75) is 34.1 Å². The molecule has 0 saturated heterocycles. The summed E-state index contributed by atoms with van der Waals surface area (Å²) < 4.78 is 1.84. The van der Waals surface area contributed by atoms with Crippen LogP contribution in [0.4, 0.5) is 5.82 Å². The van der Waals surface area contributed by atoms with Crippen molar-refractivity contribution in [3.05, 3.63) is 24.0 Å². The molecule has 0 aliphatic heterocycles. The van der Waals surface area contributed by atoms with Gasteiger partial charge in [-0.3, -0.25) is 0 Å². The highest BCUT2D eigenvalue weighted by molar-refractivity contribution is 5.51. The lowest BCUT2D eigenvalue weighted by molar-refractivity contribution is 0.389. The summed E-state index contributed by atoms with van der Waals surface area (Å²) >= 11 is 0. The number of rotatable bonds is 3. The Morgan fingerprint density at radius 3 is 2.76 bits per heavy atom. The molecule has 4 heteroatoms. The van der Waals surface area contributed by atoms with Crippen LogP contribution in [0.3, 0.4) is 0 Å². The number of nitrogens with one attached hydrogen (secondary N) is 1. The quantitative estimate of drug-likeness (QED) is 0.884. The van der Waals surface area contributed by atoms with E-state index in [1.54, 1.807) is 6.33 Å². The van der Waals surface area contributed by atoms with Crippen LogP contribution in [-0.4, -0.2) is 21.1 Å². The molecule has 2 heterocycles. The minimum Gasteiger partial charge on any atom is -0.370 e. The third-order valence-electron chi connectivity index (χ3n) is 2.70. The minimum absolute atomic E-state index is 0.346. The van der Waals surface area contributed by atoms with Gasteiger partial charge in [0.25, 0.3) is 0 Å². The van der Waals surface area contributed by atoms with Crippen LogP contribution in [0.15, 0.2) is 18.5 Å². The summed E-state index contributed by atoms with van der Waals surface area (Å²) in [6.07, 6.45) is 2.71. The maximum Gasteiger partial charge on any atom is 0.157 e. The van der Waals surface area contributed by atoms with Gasteiger partial charge in [-0.05, 0) is 36.5 Å². The summed E-state index contributed by atoms with van der Waals surface area (Å²) in [7, 11) is 0. The van der Waals surface area contributed by atoms with E-state index in [1.165, 1.54) is 5.56 Å². The molecule has 17 heavy (non-hydrogen) atoms. The zero-order chi connectivity index (χ0) is 12.5. The van der Waals surface area contributed by atoms with E-state index in [-0.39, 0.29) is 0 Å². The molecular weight excluding hydrogens is 212 g/mol. The number of pyridine rings is 1. The highest BCUT2D eigenvalue weighted by Crippen LogP contribution is 2.19. The van der Waals surface area contributed by atoms with E-state index in [0.29, 0.717) is 5.41 Å². The number of hydrogen-bond donors (Lipinski definition) is 1. The second-order valence-corrected chi connectivity index (χ2v) is 5.69. The van der Waals surface area contributed by atoms with Crippen molar-refractivity contribution in [3.63, 3.8) is 0 Å². The van der Waals surface area contributed by atoms with Gasteiger partial charge in [-0.25, -0.2) is 4.98 Å². The van der Waals surface area contributed by atoms with Crippen molar-refractivity contribution >= 4 is 11.5 Å². The Hall–Kier alpha value is -1.58. The van der Waals surface area contributed by atoms with Crippen LogP contribution in [0.2, 0.25) is 0 Å². The van der Waals surface area contributed by atoms with E-state index in [9.17, 15) is 0 Å². The van der Waals surface area contributed by atoms with Gasteiger partial charge < -0.3 is 5.32 Å². The van der Waals surface area contributed by atoms with Gasteiger partial charge in [0, 0.05) is 6.54 Å². The first kappa shape index (κ1) is 11.9. The van der Waals surface area contributed by atoms with E-state index >= 15 is 0 Å². The third kappa shape index (κ3) is 2.96. The van der Waals surface area contributed by atoms with Crippen LogP contribution < -0.4 is 5.32 Å². The summed E-state index contributed by atoms with van der Waals surface area (Å²) in [5, 5.41) is 7.65. The Morgan fingerprint density at radius 1 is 1.29 bits per heavy atom. The van der Waals surface area contributed by atoms with E-state index < -0.39 is 0 Å². The Balaban J connectivity index is 2.15. The Labute approximate surface area is 102 Å². The van der Waals surface area contributed by atoms with Crippen LogP contribution in [0.25, 0.3) is 5.65 Å². The Kier molecular flexibility index (Phi) is 3.05. The van der Waals surface area contributed by atoms with Gasteiger partial charge in [0.1, 0.15) is 12.1 Å². The topological polar surface area (TPSA) is 42.2 Å². The number of aryl methyl sites for hydroxylation is 1. The zero-order valence-corrected chi connectivity index (χ0v) is 11.0.